The van der Waals surface area contributed by atoms with Crippen molar-refractivity contribution in [3.8, 4) is 0 Å². The highest BCUT2D eigenvalue weighted by Gasteiger charge is 2.32. The summed E-state index contributed by atoms with van der Waals surface area (Å²) in [5.74, 6) is 0.458. The van der Waals surface area contributed by atoms with Crippen LogP contribution >= 0.6 is 0 Å². The van der Waals surface area contributed by atoms with E-state index in [1.807, 2.05) is 12.1 Å². The number of amides is 1. The van der Waals surface area contributed by atoms with Crippen molar-refractivity contribution in [2.75, 3.05) is 13.6 Å². The van der Waals surface area contributed by atoms with Gasteiger partial charge in [-0.1, -0.05) is 37.5 Å². The van der Waals surface area contributed by atoms with Crippen LogP contribution in [0.3, 0.4) is 0 Å². The Morgan fingerprint density at radius 1 is 1.15 bits per heavy atom. The molecule has 1 aromatic carbocycles. The third kappa shape index (κ3) is 3.90. The van der Waals surface area contributed by atoms with Crippen molar-refractivity contribution in [2.45, 2.75) is 57.7 Å². The molecule has 2 fully saturated rings. The van der Waals surface area contributed by atoms with Gasteiger partial charge in [0.2, 0.25) is 0 Å². The van der Waals surface area contributed by atoms with Gasteiger partial charge in [-0.05, 0) is 37.7 Å². The third-order valence-electron chi connectivity index (χ3n) is 5.91. The molecule has 27 heavy (non-hydrogen) atoms. The number of hydrogen-bond acceptors (Lipinski definition) is 4. The second-order valence-electron chi connectivity index (χ2n) is 7.93. The molecule has 0 atom stereocenters. The fraction of sp³-hybridized carbons (Fsp3) is 0.571. The first-order valence-electron chi connectivity index (χ1n) is 10.1. The van der Waals surface area contributed by atoms with E-state index in [1.165, 1.54) is 49.6 Å². The SMILES string of the molecule is CNC(=O)c1nn(CN(CC2CCCCC2)C2CC2)c(=O)c2ccccc12. The Balaban J connectivity index is 1.66. The molecule has 0 saturated heterocycles. The van der Waals surface area contributed by atoms with Gasteiger partial charge in [0.05, 0.1) is 12.1 Å². The van der Waals surface area contributed by atoms with E-state index >= 15 is 0 Å². The van der Waals surface area contributed by atoms with Crippen molar-refractivity contribution in [3.63, 3.8) is 0 Å². The first-order chi connectivity index (χ1) is 13.2. The molecule has 1 N–H and O–H groups in total. The molecule has 6 heteroatoms. The molecule has 1 aromatic heterocycles. The van der Waals surface area contributed by atoms with Gasteiger partial charge < -0.3 is 5.32 Å². The molecule has 2 aliphatic rings. The molecule has 0 aliphatic heterocycles. The van der Waals surface area contributed by atoms with Crippen molar-refractivity contribution in [3.05, 3.63) is 40.3 Å². The lowest BCUT2D eigenvalue weighted by Gasteiger charge is -2.30. The van der Waals surface area contributed by atoms with Gasteiger partial charge in [0, 0.05) is 25.0 Å². The van der Waals surface area contributed by atoms with Gasteiger partial charge in [0.25, 0.3) is 11.5 Å². The topological polar surface area (TPSA) is 67.2 Å². The summed E-state index contributed by atoms with van der Waals surface area (Å²) >= 11 is 0. The van der Waals surface area contributed by atoms with Crippen LogP contribution in [0.25, 0.3) is 10.8 Å². The van der Waals surface area contributed by atoms with E-state index < -0.39 is 0 Å². The second-order valence-corrected chi connectivity index (χ2v) is 7.93. The van der Waals surface area contributed by atoms with E-state index in [1.54, 1.807) is 19.2 Å². The van der Waals surface area contributed by atoms with Crippen molar-refractivity contribution < 1.29 is 4.79 Å². The summed E-state index contributed by atoms with van der Waals surface area (Å²) in [4.78, 5) is 27.8. The van der Waals surface area contributed by atoms with Crippen LogP contribution < -0.4 is 10.9 Å². The lowest BCUT2D eigenvalue weighted by atomic mass is 9.89. The molecule has 2 aliphatic carbocycles. The van der Waals surface area contributed by atoms with Gasteiger partial charge in [-0.15, -0.1) is 0 Å². The number of fused-ring (bicyclic) bond motifs is 1. The molecule has 6 nitrogen and oxygen atoms in total. The van der Waals surface area contributed by atoms with E-state index in [0.717, 1.165) is 6.54 Å². The van der Waals surface area contributed by atoms with Crippen LogP contribution in [0.4, 0.5) is 0 Å². The molecule has 4 rings (SSSR count). The first kappa shape index (κ1) is 18.2. The summed E-state index contributed by atoms with van der Waals surface area (Å²) in [6.07, 6.45) is 8.94. The Labute approximate surface area is 159 Å². The molecule has 2 saturated carbocycles. The van der Waals surface area contributed by atoms with E-state index in [-0.39, 0.29) is 11.5 Å². The second kappa shape index (κ2) is 7.80. The Hall–Kier alpha value is -2.21. The Morgan fingerprint density at radius 2 is 1.85 bits per heavy atom. The predicted octanol–water partition coefficient (Wildman–Crippen LogP) is 2.76. The van der Waals surface area contributed by atoms with Crippen molar-refractivity contribution in [1.82, 2.24) is 20.0 Å². The number of carbonyl (C=O) groups excluding carboxylic acids is 1. The molecule has 0 unspecified atom stereocenters. The molecule has 144 valence electrons. The smallest absolute Gasteiger partial charge is 0.275 e. The lowest BCUT2D eigenvalue weighted by Crippen LogP contribution is -2.39. The highest BCUT2D eigenvalue weighted by Crippen LogP contribution is 2.31. The molecular weight excluding hydrogens is 340 g/mol. The molecule has 1 heterocycles. The van der Waals surface area contributed by atoms with Crippen LogP contribution in [0.2, 0.25) is 0 Å². The largest absolute Gasteiger partial charge is 0.354 e. The number of rotatable bonds is 6. The van der Waals surface area contributed by atoms with Gasteiger partial charge in [-0.3, -0.25) is 14.5 Å². The highest BCUT2D eigenvalue weighted by molar-refractivity contribution is 6.04. The normalized spacial score (nSPS) is 18.1. The summed E-state index contributed by atoms with van der Waals surface area (Å²) < 4.78 is 1.49. The minimum Gasteiger partial charge on any atom is -0.354 e. The van der Waals surface area contributed by atoms with E-state index in [9.17, 15) is 9.59 Å². The van der Waals surface area contributed by atoms with E-state index in [4.69, 9.17) is 0 Å². The van der Waals surface area contributed by atoms with Crippen LogP contribution in [0.1, 0.15) is 55.4 Å². The quantitative estimate of drug-likeness (QED) is 0.851. The maximum absolute atomic E-state index is 13.0. The molecule has 1 amide bonds. The predicted molar refractivity (Wildman–Crippen MR) is 106 cm³/mol. The highest BCUT2D eigenvalue weighted by atomic mass is 16.2. The van der Waals surface area contributed by atoms with Crippen molar-refractivity contribution in [1.29, 1.82) is 0 Å². The number of aromatic nitrogens is 2. The Bertz CT molecular complexity index is 881. The maximum Gasteiger partial charge on any atom is 0.275 e. The number of hydrogen-bond donors (Lipinski definition) is 1. The summed E-state index contributed by atoms with van der Waals surface area (Å²) in [6, 6.07) is 7.79. The van der Waals surface area contributed by atoms with Gasteiger partial charge in [0.15, 0.2) is 5.69 Å². The summed E-state index contributed by atoms with van der Waals surface area (Å²) in [7, 11) is 1.59. The average Bonchev–Trinajstić information content (AvgIpc) is 3.55. The molecule has 0 radical (unpaired) electrons. The molecule has 2 aromatic rings. The summed E-state index contributed by atoms with van der Waals surface area (Å²) in [6.45, 7) is 1.50. The standard InChI is InChI=1S/C21H28N4O2/c1-22-20(26)19-17-9-5-6-10-18(17)21(27)25(23-19)14-24(16-11-12-16)13-15-7-3-2-4-8-15/h5-6,9-10,15-16H,2-4,7-8,11-14H2,1H3,(H,22,26). The number of benzene rings is 1. The number of nitrogens with one attached hydrogen (secondary N) is 1. The maximum atomic E-state index is 13.0. The van der Waals surface area contributed by atoms with Crippen molar-refractivity contribution in [2.24, 2.45) is 5.92 Å². The van der Waals surface area contributed by atoms with Gasteiger partial charge in [0.1, 0.15) is 0 Å². The van der Waals surface area contributed by atoms with Crippen LogP contribution in [-0.4, -0.2) is 40.2 Å². The van der Waals surface area contributed by atoms with Gasteiger partial charge >= 0.3 is 0 Å². The fourth-order valence-corrected chi connectivity index (χ4v) is 4.25. The Morgan fingerprint density at radius 3 is 2.52 bits per heavy atom. The molecule has 0 bridgehead atoms. The summed E-state index contributed by atoms with van der Waals surface area (Å²) in [5.41, 5.74) is 0.202. The number of nitrogens with zero attached hydrogens (tertiary/aromatic N) is 3. The minimum absolute atomic E-state index is 0.118. The van der Waals surface area contributed by atoms with E-state index in [0.29, 0.717) is 35.1 Å². The van der Waals surface area contributed by atoms with Crippen molar-refractivity contribution >= 4 is 16.7 Å². The zero-order valence-corrected chi connectivity index (χ0v) is 16.0. The fourth-order valence-electron chi connectivity index (χ4n) is 4.25. The Kier molecular flexibility index (Phi) is 5.25. The average molecular weight is 368 g/mol. The number of carbonyl (C=O) groups is 1. The van der Waals surface area contributed by atoms with Crippen LogP contribution in [0.15, 0.2) is 29.1 Å². The minimum atomic E-state index is -0.259. The zero-order valence-electron chi connectivity index (χ0n) is 16.0. The summed E-state index contributed by atoms with van der Waals surface area (Å²) in [5, 5.41) is 8.28. The van der Waals surface area contributed by atoms with Crippen LogP contribution in [-0.2, 0) is 6.67 Å². The van der Waals surface area contributed by atoms with Crippen LogP contribution in [0.5, 0.6) is 0 Å². The van der Waals surface area contributed by atoms with E-state index in [2.05, 4.69) is 15.3 Å². The first-order valence-corrected chi connectivity index (χ1v) is 10.1. The van der Waals surface area contributed by atoms with Gasteiger partial charge in [-0.2, -0.15) is 5.10 Å². The monoisotopic (exact) mass is 368 g/mol. The zero-order chi connectivity index (χ0) is 18.8. The molecular formula is C21H28N4O2. The van der Waals surface area contributed by atoms with Gasteiger partial charge in [-0.25, -0.2) is 4.68 Å². The lowest BCUT2D eigenvalue weighted by molar-refractivity contribution is 0.0954. The van der Waals surface area contributed by atoms with Crippen LogP contribution in [0, 0.1) is 5.92 Å². The molecule has 0 spiro atoms. The third-order valence-corrected chi connectivity index (χ3v) is 5.91.